The average molecular weight is 424 g/mol. The number of urea groups is 1. The molecule has 9 nitrogen and oxygen atoms in total. The number of anilines is 3. The minimum absolute atomic E-state index is 0.189. The zero-order chi connectivity index (χ0) is 21.6. The van der Waals surface area contributed by atoms with Crippen LogP contribution in [0.1, 0.15) is 29.7 Å². The standard InChI is InChI=1S/C18H19F3N6O3/c1-9(18(19,20)21)22-16(28)12-3-4-13-15(24-12)27(11-5-6-26(13)7-11)17(29)25-14-8-30-10(2)23-14/h3-4,8-9,11H,5-7H2,1-2H3,(H,22,28)(H,25,29)/t9?,11-/m0/s1. The first-order valence-corrected chi connectivity index (χ1v) is 9.29. The SMILES string of the molecule is Cc1nc(NC(=O)N2c3nc(C(=O)NC(C)C(F)(F)F)ccc3N3CC[C@H]2C3)co1. The summed E-state index contributed by atoms with van der Waals surface area (Å²) < 4.78 is 43.4. The number of nitrogens with zero attached hydrogens (tertiary/aromatic N) is 4. The van der Waals surface area contributed by atoms with Gasteiger partial charge in [0.1, 0.15) is 18.0 Å². The molecule has 12 heteroatoms. The lowest BCUT2D eigenvalue weighted by molar-refractivity contribution is -0.149. The predicted octanol–water partition coefficient (Wildman–Crippen LogP) is 2.69. The Kier molecular flexibility index (Phi) is 4.79. The zero-order valence-corrected chi connectivity index (χ0v) is 16.2. The third kappa shape index (κ3) is 3.64. The molecule has 0 saturated carbocycles. The van der Waals surface area contributed by atoms with E-state index in [1.165, 1.54) is 17.2 Å². The molecule has 2 atom stereocenters. The highest BCUT2D eigenvalue weighted by Crippen LogP contribution is 2.39. The lowest BCUT2D eigenvalue weighted by Crippen LogP contribution is -2.49. The summed E-state index contributed by atoms with van der Waals surface area (Å²) in [6.07, 6.45) is -2.58. The van der Waals surface area contributed by atoms with Crippen LogP contribution in [0.5, 0.6) is 0 Å². The monoisotopic (exact) mass is 424 g/mol. The van der Waals surface area contributed by atoms with E-state index in [2.05, 4.69) is 15.3 Å². The molecule has 2 aliphatic heterocycles. The Balaban J connectivity index is 1.62. The van der Waals surface area contributed by atoms with Gasteiger partial charge in [0, 0.05) is 20.0 Å². The molecule has 1 unspecified atom stereocenters. The Morgan fingerprint density at radius 2 is 2.07 bits per heavy atom. The van der Waals surface area contributed by atoms with Crippen molar-refractivity contribution in [3.8, 4) is 0 Å². The van der Waals surface area contributed by atoms with E-state index in [-0.39, 0.29) is 23.4 Å². The van der Waals surface area contributed by atoms with E-state index in [1.807, 2.05) is 10.2 Å². The predicted molar refractivity (Wildman–Crippen MR) is 101 cm³/mol. The maximum atomic E-state index is 12.9. The van der Waals surface area contributed by atoms with Gasteiger partial charge in [-0.3, -0.25) is 15.0 Å². The molecule has 2 aromatic rings. The number of halogens is 3. The number of carbonyl (C=O) groups is 2. The maximum absolute atomic E-state index is 12.9. The number of hydrogen-bond donors (Lipinski definition) is 2. The van der Waals surface area contributed by atoms with Gasteiger partial charge in [-0.25, -0.2) is 9.78 Å². The molecule has 0 spiro atoms. The highest BCUT2D eigenvalue weighted by molar-refractivity contribution is 6.04. The van der Waals surface area contributed by atoms with Crippen molar-refractivity contribution in [2.75, 3.05) is 28.2 Å². The van der Waals surface area contributed by atoms with Gasteiger partial charge in [0.15, 0.2) is 17.5 Å². The van der Waals surface area contributed by atoms with Crippen LogP contribution in [0.25, 0.3) is 0 Å². The summed E-state index contributed by atoms with van der Waals surface area (Å²) in [5, 5.41) is 4.52. The smallest absolute Gasteiger partial charge is 0.408 e. The lowest BCUT2D eigenvalue weighted by Gasteiger charge is -2.35. The normalized spacial score (nSPS) is 18.8. The van der Waals surface area contributed by atoms with Gasteiger partial charge in [-0.15, -0.1) is 0 Å². The summed E-state index contributed by atoms with van der Waals surface area (Å²) in [5.74, 6) is -0.142. The quantitative estimate of drug-likeness (QED) is 0.785. The van der Waals surface area contributed by atoms with E-state index in [0.717, 1.165) is 6.92 Å². The number of aromatic nitrogens is 2. The summed E-state index contributed by atoms with van der Waals surface area (Å²) >= 11 is 0. The summed E-state index contributed by atoms with van der Waals surface area (Å²) in [4.78, 5) is 37.0. The van der Waals surface area contributed by atoms with Crippen molar-refractivity contribution in [1.29, 1.82) is 0 Å². The third-order valence-corrected chi connectivity index (χ3v) is 5.10. The van der Waals surface area contributed by atoms with Crippen molar-refractivity contribution in [3.05, 3.63) is 30.0 Å². The van der Waals surface area contributed by atoms with Crippen molar-refractivity contribution in [1.82, 2.24) is 15.3 Å². The second-order valence-corrected chi connectivity index (χ2v) is 7.22. The third-order valence-electron chi connectivity index (χ3n) is 5.10. The summed E-state index contributed by atoms with van der Waals surface area (Å²) in [6, 6.07) is 0.220. The second-order valence-electron chi connectivity index (χ2n) is 7.22. The number of amides is 3. The molecule has 2 aromatic heterocycles. The number of carbonyl (C=O) groups excluding carboxylic acids is 2. The average Bonchev–Trinajstić information content (AvgIpc) is 3.27. The number of rotatable bonds is 3. The molecule has 4 heterocycles. The Morgan fingerprint density at radius 1 is 1.30 bits per heavy atom. The fraction of sp³-hybridized carbons (Fsp3) is 0.444. The number of alkyl halides is 3. The molecule has 0 aromatic carbocycles. The van der Waals surface area contributed by atoms with Crippen LogP contribution < -0.4 is 20.4 Å². The molecule has 0 radical (unpaired) electrons. The maximum Gasteiger partial charge on any atom is 0.408 e. The molecule has 2 N–H and O–H groups in total. The topological polar surface area (TPSA) is 104 Å². The number of aryl methyl sites for hydroxylation is 1. The highest BCUT2D eigenvalue weighted by Gasteiger charge is 2.41. The van der Waals surface area contributed by atoms with Crippen LogP contribution in [-0.4, -0.2) is 53.3 Å². The van der Waals surface area contributed by atoms with Crippen molar-refractivity contribution < 1.29 is 27.2 Å². The molecule has 0 aliphatic carbocycles. The van der Waals surface area contributed by atoms with E-state index in [0.29, 0.717) is 31.1 Å². The fourth-order valence-electron chi connectivity index (χ4n) is 3.54. The van der Waals surface area contributed by atoms with Crippen LogP contribution in [0.15, 0.2) is 22.8 Å². The van der Waals surface area contributed by atoms with Crippen molar-refractivity contribution >= 4 is 29.3 Å². The van der Waals surface area contributed by atoms with Gasteiger partial charge in [0.2, 0.25) is 0 Å². The number of nitrogens with one attached hydrogen (secondary N) is 2. The van der Waals surface area contributed by atoms with Crippen LogP contribution in [0, 0.1) is 6.92 Å². The molecule has 1 saturated heterocycles. The van der Waals surface area contributed by atoms with E-state index in [1.54, 1.807) is 13.0 Å². The Bertz CT molecular complexity index is 992. The van der Waals surface area contributed by atoms with Gasteiger partial charge in [0.25, 0.3) is 5.91 Å². The van der Waals surface area contributed by atoms with Crippen LogP contribution in [-0.2, 0) is 0 Å². The first-order chi connectivity index (χ1) is 14.1. The van der Waals surface area contributed by atoms with Crippen molar-refractivity contribution in [3.63, 3.8) is 0 Å². The summed E-state index contributed by atoms with van der Waals surface area (Å²) in [5.41, 5.74) is 0.429. The second kappa shape index (κ2) is 7.18. The minimum atomic E-state index is -4.57. The van der Waals surface area contributed by atoms with Crippen LogP contribution >= 0.6 is 0 Å². The molecule has 1 fully saturated rings. The largest absolute Gasteiger partial charge is 0.447 e. The number of oxazole rings is 1. The summed E-state index contributed by atoms with van der Waals surface area (Å²) in [6.45, 7) is 3.77. The van der Waals surface area contributed by atoms with Gasteiger partial charge in [0.05, 0.1) is 11.7 Å². The molecule has 2 bridgehead atoms. The molecule has 3 amide bonds. The number of pyridine rings is 1. The highest BCUT2D eigenvalue weighted by atomic mass is 19.4. The van der Waals surface area contributed by atoms with E-state index in [9.17, 15) is 22.8 Å². The fourth-order valence-corrected chi connectivity index (χ4v) is 3.54. The molecular weight excluding hydrogens is 405 g/mol. The molecule has 4 rings (SSSR count). The van der Waals surface area contributed by atoms with Gasteiger partial charge < -0.3 is 14.6 Å². The lowest BCUT2D eigenvalue weighted by atomic mass is 10.1. The Morgan fingerprint density at radius 3 is 2.73 bits per heavy atom. The van der Waals surface area contributed by atoms with Gasteiger partial charge in [-0.05, 0) is 25.5 Å². The first kappa shape index (κ1) is 20.0. The molecule has 2 aliphatic rings. The minimum Gasteiger partial charge on any atom is -0.447 e. The molecule has 160 valence electrons. The molecule has 30 heavy (non-hydrogen) atoms. The zero-order valence-electron chi connectivity index (χ0n) is 16.2. The van der Waals surface area contributed by atoms with Gasteiger partial charge >= 0.3 is 12.2 Å². The Labute approximate surface area is 169 Å². The summed E-state index contributed by atoms with van der Waals surface area (Å²) in [7, 11) is 0. The van der Waals surface area contributed by atoms with E-state index < -0.39 is 24.2 Å². The van der Waals surface area contributed by atoms with Gasteiger partial charge in [-0.2, -0.15) is 18.2 Å². The Hall–Kier alpha value is -3.31. The van der Waals surface area contributed by atoms with Gasteiger partial charge in [-0.1, -0.05) is 0 Å². The van der Waals surface area contributed by atoms with Crippen molar-refractivity contribution in [2.45, 2.75) is 38.5 Å². The number of hydrogen-bond acceptors (Lipinski definition) is 6. The van der Waals surface area contributed by atoms with Crippen LogP contribution in [0.4, 0.5) is 35.3 Å². The van der Waals surface area contributed by atoms with Crippen LogP contribution in [0.3, 0.4) is 0 Å². The first-order valence-electron chi connectivity index (χ1n) is 9.29. The van der Waals surface area contributed by atoms with E-state index in [4.69, 9.17) is 4.42 Å². The number of fused-ring (bicyclic) bond motifs is 4. The van der Waals surface area contributed by atoms with Crippen molar-refractivity contribution in [2.24, 2.45) is 0 Å². The van der Waals surface area contributed by atoms with E-state index >= 15 is 0 Å². The molecular formula is C18H19F3N6O3. The van der Waals surface area contributed by atoms with Crippen LogP contribution in [0.2, 0.25) is 0 Å².